The Labute approximate surface area is 101 Å². The van der Waals surface area contributed by atoms with Gasteiger partial charge in [0.2, 0.25) is 5.91 Å². The van der Waals surface area contributed by atoms with Gasteiger partial charge in [-0.1, -0.05) is 32.0 Å². The number of aliphatic carboxylic acids is 1. The van der Waals surface area contributed by atoms with E-state index in [4.69, 9.17) is 5.11 Å². The number of para-hydroxylation sites is 1. The van der Waals surface area contributed by atoms with Gasteiger partial charge in [0.1, 0.15) is 0 Å². The Bertz CT molecular complexity index is 387. The normalized spacial score (nSPS) is 10.3. The van der Waals surface area contributed by atoms with Gasteiger partial charge in [0.25, 0.3) is 0 Å². The van der Waals surface area contributed by atoms with Crippen molar-refractivity contribution in [1.82, 2.24) is 0 Å². The van der Waals surface area contributed by atoms with Crippen molar-refractivity contribution in [3.8, 4) is 0 Å². The van der Waals surface area contributed by atoms with E-state index in [-0.39, 0.29) is 24.8 Å². The fraction of sp³-hybridized carbons (Fsp3) is 0.385. The van der Waals surface area contributed by atoms with Gasteiger partial charge in [-0.3, -0.25) is 9.59 Å². The molecule has 4 heteroatoms. The predicted molar refractivity (Wildman–Crippen MR) is 65.9 cm³/mol. The van der Waals surface area contributed by atoms with Gasteiger partial charge >= 0.3 is 5.97 Å². The maximum atomic E-state index is 12.0. The van der Waals surface area contributed by atoms with Crippen LogP contribution in [-0.2, 0) is 9.59 Å². The van der Waals surface area contributed by atoms with Crippen LogP contribution in [-0.4, -0.2) is 23.5 Å². The van der Waals surface area contributed by atoms with Gasteiger partial charge in [0.05, 0.1) is 6.42 Å². The van der Waals surface area contributed by atoms with Crippen LogP contribution in [0.5, 0.6) is 0 Å². The largest absolute Gasteiger partial charge is 0.481 e. The molecule has 0 aromatic heterocycles. The van der Waals surface area contributed by atoms with Crippen LogP contribution in [0.15, 0.2) is 30.3 Å². The first-order valence-corrected chi connectivity index (χ1v) is 5.60. The standard InChI is InChI=1S/C13H17NO3/c1-10(2)13(17)14(9-8-12(15)16)11-6-4-3-5-7-11/h3-7,10H,8-9H2,1-2H3,(H,15,16). The Morgan fingerprint density at radius 1 is 1.24 bits per heavy atom. The van der Waals surface area contributed by atoms with Gasteiger partial charge < -0.3 is 10.0 Å². The molecule has 0 bridgehead atoms. The van der Waals surface area contributed by atoms with E-state index >= 15 is 0 Å². The number of carboxylic acid groups (broad SMARTS) is 1. The summed E-state index contributed by atoms with van der Waals surface area (Å²) < 4.78 is 0. The molecule has 1 N–H and O–H groups in total. The van der Waals surface area contributed by atoms with Crippen LogP contribution < -0.4 is 4.90 Å². The molecule has 0 saturated carbocycles. The molecule has 1 aromatic rings. The molecule has 17 heavy (non-hydrogen) atoms. The minimum atomic E-state index is -0.900. The van der Waals surface area contributed by atoms with Crippen molar-refractivity contribution in [2.75, 3.05) is 11.4 Å². The lowest BCUT2D eigenvalue weighted by Crippen LogP contribution is -2.36. The number of carbonyl (C=O) groups excluding carboxylic acids is 1. The van der Waals surface area contributed by atoms with E-state index < -0.39 is 5.97 Å². The van der Waals surface area contributed by atoms with Crippen LogP contribution in [0.1, 0.15) is 20.3 Å². The zero-order valence-electron chi connectivity index (χ0n) is 10.1. The molecular weight excluding hydrogens is 218 g/mol. The van der Waals surface area contributed by atoms with Crippen LogP contribution in [0.3, 0.4) is 0 Å². The molecule has 0 radical (unpaired) electrons. The minimum absolute atomic E-state index is 0.0483. The number of amides is 1. The number of rotatable bonds is 5. The third kappa shape index (κ3) is 3.90. The van der Waals surface area contributed by atoms with E-state index in [9.17, 15) is 9.59 Å². The van der Waals surface area contributed by atoms with Crippen LogP contribution >= 0.6 is 0 Å². The number of nitrogens with zero attached hydrogens (tertiary/aromatic N) is 1. The molecule has 0 unspecified atom stereocenters. The second kappa shape index (κ2) is 6.03. The Balaban J connectivity index is 2.86. The molecule has 0 aliphatic carbocycles. The molecule has 0 atom stereocenters. The predicted octanol–water partition coefficient (Wildman–Crippen LogP) is 2.15. The quantitative estimate of drug-likeness (QED) is 0.850. The van der Waals surface area contributed by atoms with Crippen molar-refractivity contribution in [1.29, 1.82) is 0 Å². The number of benzene rings is 1. The fourth-order valence-electron chi connectivity index (χ4n) is 1.49. The summed E-state index contributed by atoms with van der Waals surface area (Å²) in [6.07, 6.45) is -0.0483. The highest BCUT2D eigenvalue weighted by molar-refractivity contribution is 5.95. The monoisotopic (exact) mass is 235 g/mol. The smallest absolute Gasteiger partial charge is 0.305 e. The van der Waals surface area contributed by atoms with E-state index in [0.717, 1.165) is 5.69 Å². The first-order valence-electron chi connectivity index (χ1n) is 5.60. The maximum absolute atomic E-state index is 12.0. The van der Waals surface area contributed by atoms with Crippen molar-refractivity contribution in [3.05, 3.63) is 30.3 Å². The third-order valence-electron chi connectivity index (χ3n) is 2.38. The zero-order valence-corrected chi connectivity index (χ0v) is 10.1. The summed E-state index contributed by atoms with van der Waals surface area (Å²) in [6, 6.07) is 9.14. The van der Waals surface area contributed by atoms with Crippen LogP contribution in [0.4, 0.5) is 5.69 Å². The van der Waals surface area contributed by atoms with Crippen molar-refractivity contribution in [3.63, 3.8) is 0 Å². The lowest BCUT2D eigenvalue weighted by molar-refractivity contribution is -0.136. The molecular formula is C13H17NO3. The van der Waals surface area contributed by atoms with E-state index in [0.29, 0.717) is 0 Å². The van der Waals surface area contributed by atoms with Gasteiger partial charge in [0.15, 0.2) is 0 Å². The van der Waals surface area contributed by atoms with Crippen molar-refractivity contribution < 1.29 is 14.7 Å². The molecule has 4 nitrogen and oxygen atoms in total. The molecule has 0 aliphatic rings. The summed E-state index contributed by atoms with van der Waals surface area (Å²) in [5.41, 5.74) is 0.743. The van der Waals surface area contributed by atoms with Crippen molar-refractivity contribution in [2.45, 2.75) is 20.3 Å². The van der Waals surface area contributed by atoms with Crippen LogP contribution in [0, 0.1) is 5.92 Å². The number of hydrogen-bond donors (Lipinski definition) is 1. The van der Waals surface area contributed by atoms with Gasteiger partial charge in [-0.15, -0.1) is 0 Å². The van der Waals surface area contributed by atoms with Crippen LogP contribution in [0.2, 0.25) is 0 Å². The summed E-state index contributed by atoms with van der Waals surface area (Å²) in [4.78, 5) is 24.1. The van der Waals surface area contributed by atoms with Crippen LogP contribution in [0.25, 0.3) is 0 Å². The molecule has 92 valence electrons. The minimum Gasteiger partial charge on any atom is -0.481 e. The number of carbonyl (C=O) groups is 2. The first-order chi connectivity index (χ1) is 8.02. The van der Waals surface area contributed by atoms with E-state index in [1.165, 1.54) is 4.90 Å². The molecule has 0 spiro atoms. The molecule has 0 heterocycles. The van der Waals surface area contributed by atoms with Crippen molar-refractivity contribution in [2.24, 2.45) is 5.92 Å². The third-order valence-corrected chi connectivity index (χ3v) is 2.38. The molecule has 1 rings (SSSR count). The lowest BCUT2D eigenvalue weighted by atomic mass is 10.1. The van der Waals surface area contributed by atoms with Gasteiger partial charge in [-0.05, 0) is 12.1 Å². The molecule has 1 amide bonds. The second-order valence-corrected chi connectivity index (χ2v) is 4.12. The zero-order chi connectivity index (χ0) is 12.8. The summed E-state index contributed by atoms with van der Waals surface area (Å²) >= 11 is 0. The molecule has 0 fully saturated rings. The average molecular weight is 235 g/mol. The molecule has 1 aromatic carbocycles. The fourth-order valence-corrected chi connectivity index (χ4v) is 1.49. The van der Waals surface area contributed by atoms with E-state index in [1.54, 1.807) is 13.8 Å². The summed E-state index contributed by atoms with van der Waals surface area (Å²) in [5.74, 6) is -1.11. The SMILES string of the molecule is CC(C)C(=O)N(CCC(=O)O)c1ccccc1. The lowest BCUT2D eigenvalue weighted by Gasteiger charge is -2.24. The Morgan fingerprint density at radius 3 is 2.29 bits per heavy atom. The van der Waals surface area contributed by atoms with Gasteiger partial charge in [-0.25, -0.2) is 0 Å². The van der Waals surface area contributed by atoms with E-state index in [1.807, 2.05) is 30.3 Å². The number of anilines is 1. The number of carboxylic acids is 1. The second-order valence-electron chi connectivity index (χ2n) is 4.12. The summed E-state index contributed by atoms with van der Waals surface area (Å²) in [7, 11) is 0. The van der Waals surface area contributed by atoms with Gasteiger partial charge in [0, 0.05) is 18.2 Å². The Hall–Kier alpha value is -1.84. The molecule has 0 saturated heterocycles. The number of hydrogen-bond acceptors (Lipinski definition) is 2. The summed E-state index contributed by atoms with van der Waals surface area (Å²) in [5, 5.41) is 8.69. The first kappa shape index (κ1) is 13.2. The van der Waals surface area contributed by atoms with E-state index in [2.05, 4.69) is 0 Å². The summed E-state index contributed by atoms with van der Waals surface area (Å²) in [6.45, 7) is 3.81. The van der Waals surface area contributed by atoms with Crippen molar-refractivity contribution >= 4 is 17.6 Å². The Kier molecular flexibility index (Phi) is 4.69. The highest BCUT2D eigenvalue weighted by Gasteiger charge is 2.19. The Morgan fingerprint density at radius 2 is 1.82 bits per heavy atom. The van der Waals surface area contributed by atoms with Gasteiger partial charge in [-0.2, -0.15) is 0 Å². The maximum Gasteiger partial charge on any atom is 0.305 e. The highest BCUT2D eigenvalue weighted by Crippen LogP contribution is 2.16. The highest BCUT2D eigenvalue weighted by atomic mass is 16.4. The average Bonchev–Trinajstić information content (AvgIpc) is 2.30. The molecule has 0 aliphatic heterocycles. The topological polar surface area (TPSA) is 57.6 Å².